The molecular weight excluding hydrogens is 442 g/mol. The van der Waals surface area contributed by atoms with Gasteiger partial charge in [0.15, 0.2) is 23.2 Å². The molecule has 2 atom stereocenters. The van der Waals surface area contributed by atoms with Crippen LogP contribution < -0.4 is 4.74 Å². The smallest absolute Gasteiger partial charge is 0.426 e. The maximum absolute atomic E-state index is 14.4. The Morgan fingerprint density at radius 3 is 2.13 bits per heavy atom. The molecule has 1 aliphatic carbocycles. The zero-order valence-electron chi connectivity index (χ0n) is 16.4. The molecule has 30 heavy (non-hydrogen) atoms. The molecule has 168 valence electrons. The second kappa shape index (κ2) is 8.66. The first-order chi connectivity index (χ1) is 13.8. The van der Waals surface area contributed by atoms with E-state index in [0.29, 0.717) is 6.08 Å². The summed E-state index contributed by atoms with van der Waals surface area (Å²) < 4.78 is 95.2. The van der Waals surface area contributed by atoms with Gasteiger partial charge in [-0.3, -0.25) is 4.79 Å². The highest BCUT2D eigenvalue weighted by Crippen LogP contribution is 2.60. The number of benzene rings is 1. The molecule has 1 saturated carbocycles. The van der Waals surface area contributed by atoms with E-state index in [9.17, 15) is 31.1 Å². The molecule has 0 radical (unpaired) electrons. The van der Waals surface area contributed by atoms with Crippen molar-refractivity contribution in [2.45, 2.75) is 33.2 Å². The van der Waals surface area contributed by atoms with Gasteiger partial charge in [-0.15, -0.1) is 0 Å². The molecule has 0 heterocycles. The molecule has 0 N–H and O–H groups in total. The summed E-state index contributed by atoms with van der Waals surface area (Å²) in [4.78, 5) is 12.3. The molecule has 1 aliphatic rings. The Morgan fingerprint density at radius 2 is 1.63 bits per heavy atom. The van der Waals surface area contributed by atoms with Crippen molar-refractivity contribution in [1.82, 2.24) is 0 Å². The second-order valence-corrected chi connectivity index (χ2v) is 7.72. The third-order valence-corrected chi connectivity index (χ3v) is 5.41. The number of alkyl halides is 3. The average Bonchev–Trinajstić information content (AvgIpc) is 3.19. The molecule has 0 aromatic heterocycles. The average molecular weight is 461 g/mol. The van der Waals surface area contributed by atoms with Crippen LogP contribution in [0, 0.1) is 34.7 Å². The van der Waals surface area contributed by atoms with Crippen LogP contribution in [0.3, 0.4) is 0 Å². The standard InChI is InChI=1S/C19H19ClF6O4/c1-18(2)10(5-11(20)19(24,25)26)12(18)17(27)30-7-9-14(22)13(21)8(6-28-3)15(23)16(9)29-4/h5,10,12H,6-7H2,1-4H3/b11-5-/t10-,12-/m1/s1. The molecule has 0 aliphatic heterocycles. The van der Waals surface area contributed by atoms with E-state index >= 15 is 0 Å². The molecule has 1 aromatic carbocycles. The van der Waals surface area contributed by atoms with E-state index in [0.717, 1.165) is 14.2 Å². The largest absolute Gasteiger partial charge is 0.493 e. The van der Waals surface area contributed by atoms with E-state index in [2.05, 4.69) is 4.74 Å². The lowest BCUT2D eigenvalue weighted by molar-refractivity contribution is -0.147. The van der Waals surface area contributed by atoms with Gasteiger partial charge in [-0.2, -0.15) is 13.2 Å². The summed E-state index contributed by atoms with van der Waals surface area (Å²) in [5.74, 6) is -7.72. The van der Waals surface area contributed by atoms with Crippen LogP contribution in [0.15, 0.2) is 11.1 Å². The third-order valence-electron chi connectivity index (χ3n) is 5.07. The fourth-order valence-corrected chi connectivity index (χ4v) is 3.40. The number of hydrogen-bond acceptors (Lipinski definition) is 4. The highest BCUT2D eigenvalue weighted by atomic mass is 35.5. The highest BCUT2D eigenvalue weighted by molar-refractivity contribution is 6.30. The molecule has 11 heteroatoms. The molecule has 0 saturated heterocycles. The molecule has 0 unspecified atom stereocenters. The van der Waals surface area contributed by atoms with Crippen LogP contribution in [0.2, 0.25) is 0 Å². The number of ether oxygens (including phenoxy) is 3. The molecule has 0 amide bonds. The number of hydrogen-bond donors (Lipinski definition) is 0. The minimum atomic E-state index is -4.76. The Kier molecular flexibility index (Phi) is 7.03. The van der Waals surface area contributed by atoms with Gasteiger partial charge in [0.25, 0.3) is 0 Å². The third kappa shape index (κ3) is 4.54. The fraction of sp³-hybridized carbons (Fsp3) is 0.526. The van der Waals surface area contributed by atoms with Gasteiger partial charge in [-0.05, 0) is 11.3 Å². The lowest BCUT2D eigenvalue weighted by atomic mass is 10.1. The van der Waals surface area contributed by atoms with E-state index in [1.807, 2.05) is 0 Å². The minimum Gasteiger partial charge on any atom is -0.493 e. The van der Waals surface area contributed by atoms with Crippen LogP contribution in [-0.4, -0.2) is 26.4 Å². The molecule has 4 nitrogen and oxygen atoms in total. The van der Waals surface area contributed by atoms with Gasteiger partial charge in [0.2, 0.25) is 0 Å². The first-order valence-electron chi connectivity index (χ1n) is 8.61. The van der Waals surface area contributed by atoms with Crippen LogP contribution in [0.4, 0.5) is 26.3 Å². The fourth-order valence-electron chi connectivity index (χ4n) is 3.27. The van der Waals surface area contributed by atoms with Crippen molar-refractivity contribution in [3.05, 3.63) is 39.7 Å². The topological polar surface area (TPSA) is 44.8 Å². The lowest BCUT2D eigenvalue weighted by Gasteiger charge is -2.15. The Morgan fingerprint density at radius 1 is 1.07 bits per heavy atom. The molecule has 2 rings (SSSR count). The van der Waals surface area contributed by atoms with Crippen molar-refractivity contribution in [3.63, 3.8) is 0 Å². The van der Waals surface area contributed by atoms with E-state index < -0.39 is 82.0 Å². The second-order valence-electron chi connectivity index (χ2n) is 7.31. The lowest BCUT2D eigenvalue weighted by Crippen LogP contribution is -2.14. The summed E-state index contributed by atoms with van der Waals surface area (Å²) in [5.41, 5.74) is -2.28. The number of esters is 1. The van der Waals surface area contributed by atoms with Crippen molar-refractivity contribution >= 4 is 17.6 Å². The van der Waals surface area contributed by atoms with E-state index in [4.69, 9.17) is 21.1 Å². The van der Waals surface area contributed by atoms with Gasteiger partial charge >= 0.3 is 12.1 Å². The maximum Gasteiger partial charge on any atom is 0.426 e. The number of allylic oxidation sites excluding steroid dienone is 2. The SMILES string of the molecule is COCc1c(F)c(F)c(COC(=O)[C@H]2[C@@H](/C=C(\Cl)C(F)(F)F)C2(C)C)c(OC)c1F. The van der Waals surface area contributed by atoms with Gasteiger partial charge < -0.3 is 14.2 Å². The number of carbonyl (C=O) groups is 1. The number of halogens is 7. The number of carbonyl (C=O) groups excluding carboxylic acids is 1. The van der Waals surface area contributed by atoms with Crippen LogP contribution >= 0.6 is 11.6 Å². The molecule has 0 bridgehead atoms. The monoisotopic (exact) mass is 460 g/mol. The maximum atomic E-state index is 14.4. The van der Waals surface area contributed by atoms with Crippen molar-refractivity contribution in [3.8, 4) is 5.75 Å². The predicted octanol–water partition coefficient (Wildman–Crippen LogP) is 5.26. The van der Waals surface area contributed by atoms with Gasteiger partial charge in [0.1, 0.15) is 11.6 Å². The van der Waals surface area contributed by atoms with Crippen molar-refractivity contribution < 1.29 is 45.3 Å². The predicted molar refractivity (Wildman–Crippen MR) is 94.1 cm³/mol. The van der Waals surface area contributed by atoms with Gasteiger partial charge in [-0.1, -0.05) is 31.5 Å². The Hall–Kier alpha value is -1.94. The van der Waals surface area contributed by atoms with Crippen molar-refractivity contribution in [2.75, 3.05) is 14.2 Å². The van der Waals surface area contributed by atoms with Crippen LogP contribution in [0.5, 0.6) is 5.75 Å². The Balaban J connectivity index is 2.23. The Labute approximate surface area is 173 Å². The minimum absolute atomic E-state index is 0.560. The first kappa shape index (κ1) is 24.3. The molecule has 1 fully saturated rings. The van der Waals surface area contributed by atoms with E-state index in [1.54, 1.807) is 0 Å². The quantitative estimate of drug-likeness (QED) is 0.316. The van der Waals surface area contributed by atoms with Gasteiger partial charge in [-0.25, -0.2) is 13.2 Å². The summed E-state index contributed by atoms with van der Waals surface area (Å²) in [6.07, 6.45) is -4.04. The van der Waals surface area contributed by atoms with E-state index in [-0.39, 0.29) is 0 Å². The highest BCUT2D eigenvalue weighted by Gasteiger charge is 2.62. The summed E-state index contributed by atoms with van der Waals surface area (Å²) >= 11 is 5.22. The molecule has 0 spiro atoms. The first-order valence-corrected chi connectivity index (χ1v) is 8.99. The summed E-state index contributed by atoms with van der Waals surface area (Å²) in [7, 11) is 2.17. The molecule has 1 aromatic rings. The van der Waals surface area contributed by atoms with Crippen LogP contribution in [0.25, 0.3) is 0 Å². The van der Waals surface area contributed by atoms with Gasteiger partial charge in [0.05, 0.1) is 30.8 Å². The number of methoxy groups -OCH3 is 2. The summed E-state index contributed by atoms with van der Waals surface area (Å²) in [6, 6.07) is 0. The van der Waals surface area contributed by atoms with Gasteiger partial charge in [0, 0.05) is 7.11 Å². The molecular formula is C19H19ClF6O4. The van der Waals surface area contributed by atoms with Crippen LogP contribution in [0.1, 0.15) is 25.0 Å². The zero-order valence-corrected chi connectivity index (χ0v) is 17.2. The normalized spacial score (nSPS) is 20.8. The summed E-state index contributed by atoms with van der Waals surface area (Å²) in [5, 5.41) is -1.37. The van der Waals surface area contributed by atoms with Crippen molar-refractivity contribution in [1.29, 1.82) is 0 Å². The van der Waals surface area contributed by atoms with Crippen molar-refractivity contribution in [2.24, 2.45) is 17.3 Å². The van der Waals surface area contributed by atoms with E-state index in [1.165, 1.54) is 13.8 Å². The van der Waals surface area contributed by atoms with Crippen LogP contribution in [-0.2, 0) is 27.5 Å². The zero-order chi connectivity index (χ0) is 23.0. The Bertz CT molecular complexity index is 866. The number of rotatable bonds is 7. The summed E-state index contributed by atoms with van der Waals surface area (Å²) in [6.45, 7) is 1.61.